The Kier molecular flexibility index (Phi) is 7.34. The molecule has 0 spiro atoms. The Morgan fingerprint density at radius 1 is 0.853 bits per heavy atom. The Morgan fingerprint density at radius 2 is 1.38 bits per heavy atom. The molecule has 0 aliphatic carbocycles. The molecule has 4 aromatic rings. The molecule has 0 fully saturated rings. The monoisotopic (exact) mass is 494 g/mol. The van der Waals surface area contributed by atoms with E-state index in [0.717, 1.165) is 39.0 Å². The Morgan fingerprint density at radius 3 is 1.91 bits per heavy atom. The minimum absolute atomic E-state index is 0. The number of ether oxygens (including phenoxy) is 1. The Labute approximate surface area is 207 Å². The summed E-state index contributed by atoms with van der Waals surface area (Å²) in [4.78, 5) is 0.178. The molecule has 1 heterocycles. The summed E-state index contributed by atoms with van der Waals surface area (Å²) in [5.41, 5.74) is 6.58. The average molecular weight is 495 g/mol. The van der Waals surface area contributed by atoms with Gasteiger partial charge in [-0.05, 0) is 74.2 Å². The number of halogens is 1. The van der Waals surface area contributed by atoms with Crippen LogP contribution in [-0.4, -0.2) is 13.0 Å². The fourth-order valence-corrected chi connectivity index (χ4v) is 4.79. The number of hydrogen-bond acceptors (Lipinski definition) is 3. The summed E-state index contributed by atoms with van der Waals surface area (Å²) in [6, 6.07) is 19.4. The van der Waals surface area contributed by atoms with Gasteiger partial charge in [-0.2, -0.15) is 9.13 Å². The zero-order chi connectivity index (χ0) is 23.8. The van der Waals surface area contributed by atoms with Crippen molar-refractivity contribution in [2.75, 3.05) is 0 Å². The molecule has 0 aliphatic heterocycles. The van der Waals surface area contributed by atoms with E-state index in [0.29, 0.717) is 11.8 Å². The minimum Gasteiger partial charge on any atom is -1.00 e. The van der Waals surface area contributed by atoms with Crippen LogP contribution in [0.2, 0.25) is 0 Å². The van der Waals surface area contributed by atoms with Crippen LogP contribution in [0.25, 0.3) is 11.4 Å². The van der Waals surface area contributed by atoms with Crippen molar-refractivity contribution in [1.82, 2.24) is 4.57 Å². The third kappa shape index (κ3) is 4.65. The van der Waals surface area contributed by atoms with Crippen LogP contribution in [0.1, 0.15) is 22.3 Å². The second-order valence-corrected chi connectivity index (χ2v) is 9.98. The zero-order valence-electron chi connectivity index (χ0n) is 19.6. The molecule has 0 atom stereocenters. The molecule has 3 aromatic carbocycles. The van der Waals surface area contributed by atoms with E-state index in [4.69, 9.17) is 4.74 Å². The number of aryl methyl sites for hydroxylation is 4. The van der Waals surface area contributed by atoms with Crippen LogP contribution in [0.15, 0.2) is 89.9 Å². The number of sulfone groups is 1. The van der Waals surface area contributed by atoms with E-state index in [1.165, 1.54) is 12.1 Å². The largest absolute Gasteiger partial charge is 1.00 e. The van der Waals surface area contributed by atoms with Crippen LogP contribution in [0, 0.1) is 27.7 Å². The van der Waals surface area contributed by atoms with Gasteiger partial charge in [0.15, 0.2) is 9.84 Å². The molecule has 0 unspecified atom stereocenters. The van der Waals surface area contributed by atoms with Gasteiger partial charge in [0.2, 0.25) is 0 Å². The number of para-hydroxylation sites is 2. The maximum absolute atomic E-state index is 12.1. The number of benzene rings is 3. The van der Waals surface area contributed by atoms with Crippen molar-refractivity contribution in [3.63, 3.8) is 0 Å². The molecule has 0 aliphatic rings. The molecular weight excluding hydrogens is 468 g/mol. The van der Waals surface area contributed by atoms with Gasteiger partial charge >= 0.3 is 6.01 Å². The fourth-order valence-electron chi connectivity index (χ4n) is 4.09. The Bertz CT molecular complexity index is 1350. The SMILES string of the molecule is C=CS(=O)(=O)c1ccc(Oc2n(-c3c(C)cccc3C)cc[n+]2-c2c(C)cccc2C)cc1.[Cl-]. The second kappa shape index (κ2) is 9.87. The number of aromatic nitrogens is 2. The van der Waals surface area contributed by atoms with Crippen LogP contribution >= 0.6 is 0 Å². The van der Waals surface area contributed by atoms with Gasteiger partial charge in [0.1, 0.15) is 29.5 Å². The molecule has 176 valence electrons. The van der Waals surface area contributed by atoms with Crippen LogP contribution in [-0.2, 0) is 9.84 Å². The lowest BCUT2D eigenvalue weighted by molar-refractivity contribution is -0.601. The van der Waals surface area contributed by atoms with Crippen molar-refractivity contribution < 1.29 is 30.1 Å². The maximum atomic E-state index is 12.1. The molecule has 0 N–H and O–H groups in total. The summed E-state index contributed by atoms with van der Waals surface area (Å²) in [7, 11) is -3.50. The van der Waals surface area contributed by atoms with E-state index in [9.17, 15) is 8.42 Å². The highest BCUT2D eigenvalue weighted by molar-refractivity contribution is 7.94. The zero-order valence-corrected chi connectivity index (χ0v) is 21.2. The van der Waals surface area contributed by atoms with Gasteiger partial charge in [0.25, 0.3) is 0 Å². The van der Waals surface area contributed by atoms with Crippen molar-refractivity contribution in [3.05, 3.63) is 107 Å². The predicted molar refractivity (Wildman–Crippen MR) is 130 cm³/mol. The average Bonchev–Trinajstić information content (AvgIpc) is 3.16. The van der Waals surface area contributed by atoms with Crippen LogP contribution < -0.4 is 21.7 Å². The highest BCUT2D eigenvalue weighted by Gasteiger charge is 2.27. The smallest absolute Gasteiger partial charge is 0.472 e. The van der Waals surface area contributed by atoms with E-state index in [-0.39, 0.29) is 17.3 Å². The van der Waals surface area contributed by atoms with Gasteiger partial charge in [-0.3, -0.25) is 0 Å². The van der Waals surface area contributed by atoms with Gasteiger partial charge < -0.3 is 17.1 Å². The van der Waals surface area contributed by atoms with E-state index < -0.39 is 9.84 Å². The lowest BCUT2D eigenvalue weighted by atomic mass is 10.1. The van der Waals surface area contributed by atoms with Crippen molar-refractivity contribution in [1.29, 1.82) is 0 Å². The highest BCUT2D eigenvalue weighted by Crippen LogP contribution is 2.29. The highest BCUT2D eigenvalue weighted by atomic mass is 35.5. The first-order chi connectivity index (χ1) is 15.7. The van der Waals surface area contributed by atoms with E-state index >= 15 is 0 Å². The first-order valence-electron chi connectivity index (χ1n) is 10.6. The van der Waals surface area contributed by atoms with Gasteiger partial charge in [-0.15, -0.1) is 0 Å². The lowest BCUT2D eigenvalue weighted by Crippen LogP contribution is -3.00. The molecule has 4 rings (SSSR count). The van der Waals surface area contributed by atoms with Crippen LogP contribution in [0.5, 0.6) is 11.8 Å². The second-order valence-electron chi connectivity index (χ2n) is 8.09. The summed E-state index contributed by atoms with van der Waals surface area (Å²) in [6.45, 7) is 11.7. The maximum Gasteiger partial charge on any atom is 0.472 e. The van der Waals surface area contributed by atoms with Crippen molar-refractivity contribution >= 4 is 9.84 Å². The van der Waals surface area contributed by atoms with Crippen molar-refractivity contribution in [3.8, 4) is 23.1 Å². The third-order valence-electron chi connectivity index (χ3n) is 5.72. The van der Waals surface area contributed by atoms with Crippen LogP contribution in [0.4, 0.5) is 0 Å². The Hall–Kier alpha value is -3.35. The fraction of sp³-hybridized carbons (Fsp3) is 0.148. The van der Waals surface area contributed by atoms with E-state index in [1.54, 1.807) is 12.1 Å². The first kappa shape index (κ1) is 25.3. The van der Waals surface area contributed by atoms with Crippen LogP contribution in [0.3, 0.4) is 0 Å². The molecular formula is C27H27ClN2O3S. The number of nitrogens with zero attached hydrogens (tertiary/aromatic N) is 2. The quantitative estimate of drug-likeness (QED) is 0.387. The van der Waals surface area contributed by atoms with Gasteiger partial charge in [-0.25, -0.2) is 8.42 Å². The summed E-state index contributed by atoms with van der Waals surface area (Å²) in [6.07, 6.45) is 3.99. The molecule has 0 amide bonds. The molecule has 1 aromatic heterocycles. The molecule has 0 saturated heterocycles. The molecule has 0 bridgehead atoms. The van der Waals surface area contributed by atoms with Gasteiger partial charge in [0, 0.05) is 5.41 Å². The van der Waals surface area contributed by atoms with Crippen molar-refractivity contribution in [2.24, 2.45) is 0 Å². The van der Waals surface area contributed by atoms with E-state index in [1.807, 2.05) is 33.7 Å². The van der Waals surface area contributed by atoms with E-state index in [2.05, 4.69) is 58.5 Å². The first-order valence-corrected chi connectivity index (χ1v) is 12.2. The van der Waals surface area contributed by atoms with Crippen molar-refractivity contribution in [2.45, 2.75) is 32.6 Å². The molecule has 0 saturated carbocycles. The lowest BCUT2D eigenvalue weighted by Gasteiger charge is -2.12. The Balaban J connectivity index is 0.00000324. The molecule has 34 heavy (non-hydrogen) atoms. The summed E-state index contributed by atoms with van der Waals surface area (Å²) >= 11 is 0. The molecule has 7 heteroatoms. The topological polar surface area (TPSA) is 52.2 Å². The molecule has 5 nitrogen and oxygen atoms in total. The summed E-state index contributed by atoms with van der Waals surface area (Å²) in [5, 5.41) is 0.948. The number of rotatable bonds is 6. The minimum atomic E-state index is -3.50. The third-order valence-corrected chi connectivity index (χ3v) is 7.09. The normalized spacial score (nSPS) is 11.1. The standard InChI is InChI=1S/C27H27N2O3S.ClH/c1-6-33(30,31)24-15-13-23(14-16-24)32-27-28(25-19(2)9-7-10-20(25)3)17-18-29(27)26-21(4)11-8-12-22(26)5;/h6-18H,1H2,2-5H3;1H/q+1;/p-1. The molecule has 0 radical (unpaired) electrons. The predicted octanol–water partition coefficient (Wildman–Crippen LogP) is 2.70. The number of hydrogen-bond donors (Lipinski definition) is 0. The van der Waals surface area contributed by atoms with Gasteiger partial charge in [-0.1, -0.05) is 43.0 Å². The number of imidazole rings is 1. The summed E-state index contributed by atoms with van der Waals surface area (Å²) in [5.74, 6) is 0.532. The summed E-state index contributed by atoms with van der Waals surface area (Å²) < 4.78 is 34.7. The van der Waals surface area contributed by atoms with Gasteiger partial charge in [0.05, 0.1) is 4.90 Å².